The Kier molecular flexibility index (Phi) is 4.39. The van der Waals surface area contributed by atoms with Gasteiger partial charge in [0, 0.05) is 12.0 Å². The molecule has 0 bridgehead atoms. The third-order valence-corrected chi connectivity index (χ3v) is 6.22. The largest absolute Gasteiger partial charge is 0.486 e. The van der Waals surface area contributed by atoms with Crippen molar-refractivity contribution >= 4 is 15.7 Å². The Bertz CT molecular complexity index is 1150. The summed E-state index contributed by atoms with van der Waals surface area (Å²) in [6.07, 6.45) is 2.52. The smallest absolute Gasteiger partial charge is 0.262 e. The van der Waals surface area contributed by atoms with Crippen molar-refractivity contribution in [3.05, 3.63) is 59.7 Å². The maximum atomic E-state index is 12.9. The van der Waals surface area contributed by atoms with Crippen molar-refractivity contribution in [1.29, 1.82) is 0 Å². The first-order valence-electron chi connectivity index (χ1n) is 9.41. The minimum absolute atomic E-state index is 0.102. The van der Waals surface area contributed by atoms with E-state index in [4.69, 9.17) is 14.0 Å². The maximum absolute atomic E-state index is 12.9. The molecule has 0 radical (unpaired) electrons. The Hall–Kier alpha value is -3.07. The van der Waals surface area contributed by atoms with Gasteiger partial charge in [-0.3, -0.25) is 4.72 Å². The van der Waals surface area contributed by atoms with Gasteiger partial charge in [0.15, 0.2) is 17.3 Å². The molecule has 8 nitrogen and oxygen atoms in total. The molecule has 5 rings (SSSR count). The van der Waals surface area contributed by atoms with Crippen LogP contribution >= 0.6 is 0 Å². The molecule has 150 valence electrons. The van der Waals surface area contributed by atoms with Gasteiger partial charge in [-0.1, -0.05) is 23.4 Å². The fourth-order valence-corrected chi connectivity index (χ4v) is 4.29. The molecular weight excluding hydrogens is 394 g/mol. The van der Waals surface area contributed by atoms with Crippen LogP contribution in [0.15, 0.2) is 51.9 Å². The lowest BCUT2D eigenvalue weighted by Crippen LogP contribution is -2.17. The molecule has 2 aromatic carbocycles. The van der Waals surface area contributed by atoms with Crippen LogP contribution < -0.4 is 14.2 Å². The van der Waals surface area contributed by atoms with Crippen LogP contribution in [0, 0.1) is 0 Å². The SMILES string of the molecule is O=S(=O)(Nc1ccccc1Cc1nc(C2CC2)no1)c1ccc2c(c1)OCCO2. The normalized spacial score (nSPS) is 15.9. The van der Waals surface area contributed by atoms with E-state index in [-0.39, 0.29) is 4.90 Å². The fraction of sp³-hybridized carbons (Fsp3) is 0.300. The van der Waals surface area contributed by atoms with Crippen LogP contribution in [0.5, 0.6) is 11.5 Å². The van der Waals surface area contributed by atoms with Gasteiger partial charge in [0.1, 0.15) is 13.2 Å². The highest BCUT2D eigenvalue weighted by atomic mass is 32.2. The molecular formula is C20H19N3O5S. The molecule has 0 saturated heterocycles. The van der Waals surface area contributed by atoms with Gasteiger partial charge in [0.2, 0.25) is 5.89 Å². The van der Waals surface area contributed by atoms with E-state index >= 15 is 0 Å². The van der Waals surface area contributed by atoms with Crippen LogP contribution in [0.3, 0.4) is 0 Å². The summed E-state index contributed by atoms with van der Waals surface area (Å²) in [5.74, 6) is 2.56. The summed E-state index contributed by atoms with van der Waals surface area (Å²) < 4.78 is 44.8. The molecule has 29 heavy (non-hydrogen) atoms. The zero-order chi connectivity index (χ0) is 19.8. The first-order valence-corrected chi connectivity index (χ1v) is 10.9. The van der Waals surface area contributed by atoms with Gasteiger partial charge in [-0.15, -0.1) is 0 Å². The van der Waals surface area contributed by atoms with E-state index in [9.17, 15) is 8.42 Å². The number of hydrogen-bond donors (Lipinski definition) is 1. The van der Waals surface area contributed by atoms with E-state index in [0.717, 1.165) is 24.2 Å². The summed E-state index contributed by atoms with van der Waals surface area (Å²) in [4.78, 5) is 4.53. The van der Waals surface area contributed by atoms with Gasteiger partial charge in [-0.25, -0.2) is 8.42 Å². The average molecular weight is 413 g/mol. The van der Waals surface area contributed by atoms with Crippen LogP contribution in [-0.2, 0) is 16.4 Å². The first kappa shape index (κ1) is 18.0. The lowest BCUT2D eigenvalue weighted by molar-refractivity contribution is 0.171. The minimum Gasteiger partial charge on any atom is -0.486 e. The molecule has 3 aromatic rings. The monoisotopic (exact) mass is 413 g/mol. The number of ether oxygens (including phenoxy) is 2. The van der Waals surface area contributed by atoms with E-state index in [0.29, 0.717) is 48.6 Å². The van der Waals surface area contributed by atoms with E-state index in [1.54, 1.807) is 18.2 Å². The summed E-state index contributed by atoms with van der Waals surface area (Å²) in [6, 6.07) is 11.7. The number of hydrogen-bond acceptors (Lipinski definition) is 7. The van der Waals surface area contributed by atoms with E-state index in [1.165, 1.54) is 12.1 Å². The highest BCUT2D eigenvalue weighted by molar-refractivity contribution is 7.92. The summed E-state index contributed by atoms with van der Waals surface area (Å²) >= 11 is 0. The van der Waals surface area contributed by atoms with Crippen LogP contribution in [0.1, 0.15) is 36.0 Å². The number of sulfonamides is 1. The lowest BCUT2D eigenvalue weighted by Gasteiger charge is -2.19. The highest BCUT2D eigenvalue weighted by Crippen LogP contribution is 2.38. The summed E-state index contributed by atoms with van der Waals surface area (Å²) in [5.41, 5.74) is 1.22. The number of para-hydroxylation sites is 1. The van der Waals surface area contributed by atoms with Crippen molar-refractivity contribution in [1.82, 2.24) is 10.1 Å². The molecule has 9 heteroatoms. The topological polar surface area (TPSA) is 104 Å². The van der Waals surface area contributed by atoms with Crippen molar-refractivity contribution in [2.24, 2.45) is 0 Å². The second kappa shape index (κ2) is 7.07. The first-order chi connectivity index (χ1) is 14.1. The van der Waals surface area contributed by atoms with Gasteiger partial charge in [-0.05, 0) is 36.6 Å². The predicted molar refractivity (Wildman–Crippen MR) is 104 cm³/mol. The summed E-state index contributed by atoms with van der Waals surface area (Å²) in [6.45, 7) is 0.836. The maximum Gasteiger partial charge on any atom is 0.262 e. The van der Waals surface area contributed by atoms with Crippen LogP contribution in [0.2, 0.25) is 0 Å². The van der Waals surface area contributed by atoms with Gasteiger partial charge in [-0.2, -0.15) is 4.98 Å². The Morgan fingerprint density at radius 1 is 1.03 bits per heavy atom. The van der Waals surface area contributed by atoms with Gasteiger partial charge >= 0.3 is 0 Å². The van der Waals surface area contributed by atoms with Crippen molar-refractivity contribution in [2.75, 3.05) is 17.9 Å². The standard InChI is InChI=1S/C20H19N3O5S/c24-29(25,15-7-8-17-18(12-15)27-10-9-26-17)23-16-4-2-1-3-14(16)11-19-21-20(22-28-19)13-5-6-13/h1-4,7-8,12-13,23H,5-6,9-11H2. The quantitative estimate of drug-likeness (QED) is 0.662. The lowest BCUT2D eigenvalue weighted by atomic mass is 10.1. The van der Waals surface area contributed by atoms with Gasteiger partial charge in [0.25, 0.3) is 10.0 Å². The fourth-order valence-electron chi connectivity index (χ4n) is 3.18. The Morgan fingerprint density at radius 3 is 2.66 bits per heavy atom. The molecule has 1 fully saturated rings. The molecule has 0 spiro atoms. The number of nitrogens with one attached hydrogen (secondary N) is 1. The summed E-state index contributed by atoms with van der Waals surface area (Å²) in [5, 5.41) is 4.02. The third kappa shape index (κ3) is 3.77. The molecule has 1 N–H and O–H groups in total. The van der Waals surface area contributed by atoms with E-state index < -0.39 is 10.0 Å². The Balaban J connectivity index is 1.39. The van der Waals surface area contributed by atoms with Crippen molar-refractivity contribution < 1.29 is 22.4 Å². The second-order valence-corrected chi connectivity index (χ2v) is 8.75. The predicted octanol–water partition coefficient (Wildman–Crippen LogP) is 3.11. The molecule has 0 unspecified atom stereocenters. The van der Waals surface area contributed by atoms with Crippen LogP contribution in [-0.4, -0.2) is 31.8 Å². The Morgan fingerprint density at radius 2 is 1.83 bits per heavy atom. The molecule has 1 aliphatic heterocycles. The molecule has 1 aliphatic carbocycles. The molecule has 0 atom stereocenters. The molecule has 0 amide bonds. The van der Waals surface area contributed by atoms with Gasteiger partial charge < -0.3 is 14.0 Å². The van der Waals surface area contributed by atoms with Crippen LogP contribution in [0.4, 0.5) is 5.69 Å². The number of aromatic nitrogens is 2. The highest BCUT2D eigenvalue weighted by Gasteiger charge is 2.29. The van der Waals surface area contributed by atoms with Crippen molar-refractivity contribution in [3.8, 4) is 11.5 Å². The van der Waals surface area contributed by atoms with Gasteiger partial charge in [0.05, 0.1) is 17.0 Å². The molecule has 1 saturated carbocycles. The van der Waals surface area contributed by atoms with E-state index in [1.807, 2.05) is 12.1 Å². The number of anilines is 1. The molecule has 1 aromatic heterocycles. The Labute approximate surface area is 167 Å². The van der Waals surface area contributed by atoms with Crippen molar-refractivity contribution in [3.63, 3.8) is 0 Å². The number of fused-ring (bicyclic) bond motifs is 1. The molecule has 2 aliphatic rings. The zero-order valence-electron chi connectivity index (χ0n) is 15.5. The van der Waals surface area contributed by atoms with Crippen molar-refractivity contribution in [2.45, 2.75) is 30.1 Å². The number of rotatable bonds is 6. The van der Waals surface area contributed by atoms with Crippen LogP contribution in [0.25, 0.3) is 0 Å². The summed E-state index contributed by atoms with van der Waals surface area (Å²) in [7, 11) is -3.81. The average Bonchev–Trinajstić information content (AvgIpc) is 3.48. The van der Waals surface area contributed by atoms with E-state index in [2.05, 4.69) is 14.9 Å². The number of nitrogens with zero attached hydrogens (tertiary/aromatic N) is 2. The zero-order valence-corrected chi connectivity index (χ0v) is 16.3. The minimum atomic E-state index is -3.81. The second-order valence-electron chi connectivity index (χ2n) is 7.07. The molecule has 2 heterocycles. The third-order valence-electron chi connectivity index (χ3n) is 4.85. The number of benzene rings is 2.